The fourth-order valence-corrected chi connectivity index (χ4v) is 3.32. The SMILES string of the molecule is O=C([C@H]1CC=CCC1)N1CCCN(c2ccc(F)cc2)CC1. The predicted molar refractivity (Wildman–Crippen MR) is 86.3 cm³/mol. The van der Waals surface area contributed by atoms with Crippen LogP contribution in [0.5, 0.6) is 0 Å². The van der Waals surface area contributed by atoms with E-state index in [0.29, 0.717) is 5.91 Å². The number of benzene rings is 1. The first-order valence-corrected chi connectivity index (χ1v) is 8.18. The number of amides is 1. The summed E-state index contributed by atoms with van der Waals surface area (Å²) in [5.74, 6) is 0.272. The van der Waals surface area contributed by atoms with Gasteiger partial charge >= 0.3 is 0 Å². The van der Waals surface area contributed by atoms with Crippen LogP contribution in [0.1, 0.15) is 25.7 Å². The molecule has 0 radical (unpaired) electrons. The van der Waals surface area contributed by atoms with Crippen molar-refractivity contribution in [2.45, 2.75) is 25.7 Å². The lowest BCUT2D eigenvalue weighted by atomic mass is 9.93. The Kier molecular flexibility index (Phi) is 4.76. The third kappa shape index (κ3) is 3.49. The van der Waals surface area contributed by atoms with Crippen molar-refractivity contribution in [3.05, 3.63) is 42.2 Å². The maximum Gasteiger partial charge on any atom is 0.226 e. The van der Waals surface area contributed by atoms with Crippen molar-refractivity contribution in [1.29, 1.82) is 0 Å². The van der Waals surface area contributed by atoms with E-state index >= 15 is 0 Å². The topological polar surface area (TPSA) is 23.6 Å². The molecule has 1 amide bonds. The summed E-state index contributed by atoms with van der Waals surface area (Å²) in [4.78, 5) is 16.9. The monoisotopic (exact) mass is 302 g/mol. The third-order valence-electron chi connectivity index (χ3n) is 4.62. The van der Waals surface area contributed by atoms with E-state index in [1.165, 1.54) is 12.1 Å². The maximum absolute atomic E-state index is 13.0. The molecule has 22 heavy (non-hydrogen) atoms. The quantitative estimate of drug-likeness (QED) is 0.783. The first-order valence-electron chi connectivity index (χ1n) is 8.18. The highest BCUT2D eigenvalue weighted by atomic mass is 19.1. The minimum Gasteiger partial charge on any atom is -0.370 e. The molecule has 0 spiro atoms. The van der Waals surface area contributed by atoms with Crippen LogP contribution in [0, 0.1) is 11.7 Å². The molecule has 0 aromatic heterocycles. The van der Waals surface area contributed by atoms with Gasteiger partial charge in [0.05, 0.1) is 0 Å². The first kappa shape index (κ1) is 15.1. The van der Waals surface area contributed by atoms with Crippen LogP contribution in [0.25, 0.3) is 0 Å². The number of rotatable bonds is 2. The molecule has 0 saturated carbocycles. The summed E-state index contributed by atoms with van der Waals surface area (Å²) in [5.41, 5.74) is 1.04. The van der Waals surface area contributed by atoms with Crippen LogP contribution in [0.15, 0.2) is 36.4 Å². The number of carbonyl (C=O) groups is 1. The molecular weight excluding hydrogens is 279 g/mol. The Labute approximate surface area is 131 Å². The van der Waals surface area contributed by atoms with Gasteiger partial charge in [0, 0.05) is 37.8 Å². The van der Waals surface area contributed by atoms with Crippen LogP contribution in [-0.2, 0) is 4.79 Å². The van der Waals surface area contributed by atoms with E-state index in [1.807, 2.05) is 17.0 Å². The first-order chi connectivity index (χ1) is 10.7. The summed E-state index contributed by atoms with van der Waals surface area (Å²) in [6, 6.07) is 6.63. The standard InChI is InChI=1S/C18H23FN2O/c19-16-7-9-17(10-8-16)20-11-4-12-21(14-13-20)18(22)15-5-2-1-3-6-15/h1-2,7-10,15H,3-6,11-14H2/t15-/m0/s1. The number of hydrogen-bond donors (Lipinski definition) is 0. The number of allylic oxidation sites excluding steroid dienone is 2. The number of carbonyl (C=O) groups excluding carboxylic acids is 1. The van der Waals surface area contributed by atoms with Gasteiger partial charge in [0.25, 0.3) is 0 Å². The Bertz CT molecular complexity index is 541. The Hall–Kier alpha value is -1.84. The Morgan fingerprint density at radius 2 is 1.86 bits per heavy atom. The number of halogens is 1. The summed E-state index contributed by atoms with van der Waals surface area (Å²) in [6.07, 6.45) is 8.15. The second kappa shape index (κ2) is 6.95. The highest BCUT2D eigenvalue weighted by Crippen LogP contribution is 2.22. The number of hydrogen-bond acceptors (Lipinski definition) is 2. The minimum absolute atomic E-state index is 0.169. The molecule has 1 aromatic rings. The molecule has 1 aliphatic carbocycles. The molecule has 3 rings (SSSR count). The highest BCUT2D eigenvalue weighted by Gasteiger charge is 2.26. The van der Waals surface area contributed by atoms with Gasteiger partial charge < -0.3 is 9.80 Å². The number of anilines is 1. The maximum atomic E-state index is 13.0. The summed E-state index contributed by atoms with van der Waals surface area (Å²) >= 11 is 0. The van der Waals surface area contributed by atoms with Gasteiger partial charge in [-0.25, -0.2) is 4.39 Å². The normalized spacial score (nSPS) is 22.5. The van der Waals surface area contributed by atoms with E-state index in [9.17, 15) is 9.18 Å². The van der Waals surface area contributed by atoms with Gasteiger partial charge in [-0.2, -0.15) is 0 Å². The molecule has 1 aromatic carbocycles. The van der Waals surface area contributed by atoms with E-state index in [-0.39, 0.29) is 11.7 Å². The lowest BCUT2D eigenvalue weighted by molar-refractivity contribution is -0.135. The molecular formula is C18H23FN2O. The predicted octanol–water partition coefficient (Wildman–Crippen LogP) is 3.22. The Morgan fingerprint density at radius 3 is 2.59 bits per heavy atom. The summed E-state index contributed by atoms with van der Waals surface area (Å²) < 4.78 is 13.0. The van der Waals surface area contributed by atoms with Gasteiger partial charge in [-0.1, -0.05) is 12.2 Å². The molecule has 0 bridgehead atoms. The molecule has 4 heteroatoms. The van der Waals surface area contributed by atoms with Gasteiger partial charge in [0.15, 0.2) is 0 Å². The van der Waals surface area contributed by atoms with Crippen LogP contribution in [0.4, 0.5) is 10.1 Å². The molecule has 2 aliphatic rings. The molecule has 1 heterocycles. The van der Waals surface area contributed by atoms with E-state index in [2.05, 4.69) is 17.1 Å². The van der Waals surface area contributed by atoms with Crippen molar-refractivity contribution in [1.82, 2.24) is 4.90 Å². The van der Waals surface area contributed by atoms with E-state index in [4.69, 9.17) is 0 Å². The zero-order valence-corrected chi connectivity index (χ0v) is 12.9. The van der Waals surface area contributed by atoms with Crippen molar-refractivity contribution >= 4 is 11.6 Å². The van der Waals surface area contributed by atoms with Crippen molar-refractivity contribution in [2.24, 2.45) is 5.92 Å². The largest absolute Gasteiger partial charge is 0.370 e. The molecule has 0 unspecified atom stereocenters. The van der Waals surface area contributed by atoms with Gasteiger partial charge in [-0.3, -0.25) is 4.79 Å². The molecule has 1 saturated heterocycles. The smallest absolute Gasteiger partial charge is 0.226 e. The minimum atomic E-state index is -0.208. The molecule has 1 atom stereocenters. The number of nitrogens with zero attached hydrogens (tertiary/aromatic N) is 2. The average Bonchev–Trinajstić information content (AvgIpc) is 2.82. The average molecular weight is 302 g/mol. The van der Waals surface area contributed by atoms with Crippen LogP contribution in [0.2, 0.25) is 0 Å². The van der Waals surface area contributed by atoms with Gasteiger partial charge in [0.1, 0.15) is 5.82 Å². The van der Waals surface area contributed by atoms with E-state index in [1.54, 1.807) is 0 Å². The van der Waals surface area contributed by atoms with Crippen LogP contribution >= 0.6 is 0 Å². The van der Waals surface area contributed by atoms with E-state index in [0.717, 1.165) is 57.5 Å². The summed E-state index contributed by atoms with van der Waals surface area (Å²) in [6.45, 7) is 3.33. The lowest BCUT2D eigenvalue weighted by Crippen LogP contribution is -2.39. The fourth-order valence-electron chi connectivity index (χ4n) is 3.32. The van der Waals surface area contributed by atoms with Gasteiger partial charge in [-0.05, 0) is 49.9 Å². The van der Waals surface area contributed by atoms with Crippen molar-refractivity contribution < 1.29 is 9.18 Å². The summed E-state index contributed by atoms with van der Waals surface area (Å²) in [5, 5.41) is 0. The van der Waals surface area contributed by atoms with Gasteiger partial charge in [0.2, 0.25) is 5.91 Å². The van der Waals surface area contributed by atoms with Crippen molar-refractivity contribution in [2.75, 3.05) is 31.1 Å². The molecule has 0 N–H and O–H groups in total. The third-order valence-corrected chi connectivity index (χ3v) is 4.62. The Balaban J connectivity index is 1.60. The Morgan fingerprint density at radius 1 is 1.05 bits per heavy atom. The fraction of sp³-hybridized carbons (Fsp3) is 0.500. The zero-order valence-electron chi connectivity index (χ0n) is 12.9. The summed E-state index contributed by atoms with van der Waals surface area (Å²) in [7, 11) is 0. The highest BCUT2D eigenvalue weighted by molar-refractivity contribution is 5.79. The zero-order chi connectivity index (χ0) is 15.4. The van der Waals surface area contributed by atoms with Crippen molar-refractivity contribution in [3.8, 4) is 0 Å². The molecule has 1 fully saturated rings. The lowest BCUT2D eigenvalue weighted by Gasteiger charge is -2.27. The van der Waals surface area contributed by atoms with Crippen LogP contribution in [-0.4, -0.2) is 37.0 Å². The second-order valence-electron chi connectivity index (χ2n) is 6.12. The molecule has 118 valence electrons. The van der Waals surface area contributed by atoms with Crippen molar-refractivity contribution in [3.63, 3.8) is 0 Å². The van der Waals surface area contributed by atoms with Crippen LogP contribution in [0.3, 0.4) is 0 Å². The molecule has 1 aliphatic heterocycles. The molecule has 3 nitrogen and oxygen atoms in total. The van der Waals surface area contributed by atoms with Gasteiger partial charge in [-0.15, -0.1) is 0 Å². The second-order valence-corrected chi connectivity index (χ2v) is 6.12. The van der Waals surface area contributed by atoms with E-state index < -0.39 is 0 Å². The van der Waals surface area contributed by atoms with Crippen LogP contribution < -0.4 is 4.90 Å².